The summed E-state index contributed by atoms with van der Waals surface area (Å²) in [6.07, 6.45) is 3.26. The Bertz CT molecular complexity index is 576. The highest BCUT2D eigenvalue weighted by molar-refractivity contribution is 6.37. The van der Waals surface area contributed by atoms with Crippen molar-refractivity contribution >= 4 is 34.8 Å². The van der Waals surface area contributed by atoms with E-state index in [-0.39, 0.29) is 5.96 Å². The minimum atomic E-state index is 0.281. The molecular weight excluding hydrogens is 299 g/mol. The number of benzene rings is 1. The number of nitrogens with one attached hydrogen (secondary N) is 2. The summed E-state index contributed by atoms with van der Waals surface area (Å²) < 4.78 is 0. The molecule has 1 atom stereocenters. The molecule has 0 saturated heterocycles. The van der Waals surface area contributed by atoms with Gasteiger partial charge < -0.3 is 0 Å². The van der Waals surface area contributed by atoms with E-state index >= 15 is 0 Å². The number of rotatable bonds is 1. The normalized spacial score (nSPS) is 20.9. The van der Waals surface area contributed by atoms with E-state index in [2.05, 4.69) is 10.4 Å². The van der Waals surface area contributed by atoms with Crippen LogP contribution < -0.4 is 15.9 Å². The van der Waals surface area contributed by atoms with Crippen molar-refractivity contribution < 1.29 is 5.21 Å². The van der Waals surface area contributed by atoms with Gasteiger partial charge in [0.25, 0.3) is 0 Å². The lowest BCUT2D eigenvalue weighted by atomic mass is 9.84. The number of hydrazine groups is 1. The molecule has 1 aliphatic carbocycles. The van der Waals surface area contributed by atoms with Crippen molar-refractivity contribution in [3.63, 3.8) is 0 Å². The van der Waals surface area contributed by atoms with Gasteiger partial charge in [0.1, 0.15) is 0 Å². The van der Waals surface area contributed by atoms with Gasteiger partial charge in [0.15, 0.2) is 0 Å². The van der Waals surface area contributed by atoms with Crippen molar-refractivity contribution in [3.05, 3.63) is 27.2 Å². The van der Waals surface area contributed by atoms with Gasteiger partial charge in [-0.1, -0.05) is 23.2 Å². The van der Waals surface area contributed by atoms with Crippen molar-refractivity contribution in [2.75, 3.05) is 18.6 Å². The fourth-order valence-electron chi connectivity index (χ4n) is 3.15. The minimum Gasteiger partial charge on any atom is -0.288 e. The fourth-order valence-corrected chi connectivity index (χ4v) is 3.83. The van der Waals surface area contributed by atoms with Crippen molar-refractivity contribution in [2.24, 2.45) is 4.99 Å². The van der Waals surface area contributed by atoms with E-state index in [1.807, 2.05) is 10.5 Å². The van der Waals surface area contributed by atoms with Gasteiger partial charge in [-0.3, -0.25) is 20.6 Å². The molecule has 3 N–H and O–H groups in total. The molecule has 0 spiro atoms. The molecule has 0 saturated carbocycles. The van der Waals surface area contributed by atoms with E-state index < -0.39 is 0 Å². The van der Waals surface area contributed by atoms with Crippen molar-refractivity contribution in [1.82, 2.24) is 10.9 Å². The number of nitrogens with zero attached hydrogens (tertiary/aromatic N) is 2. The summed E-state index contributed by atoms with van der Waals surface area (Å²) in [4.78, 5) is 3.91. The van der Waals surface area contributed by atoms with E-state index in [4.69, 9.17) is 28.4 Å². The van der Waals surface area contributed by atoms with Crippen LogP contribution in [-0.4, -0.2) is 24.8 Å². The fraction of sp³-hybridized carbons (Fsp3) is 0.462. The maximum absolute atomic E-state index is 9.01. The van der Waals surface area contributed by atoms with E-state index in [1.54, 1.807) is 13.1 Å². The highest BCUT2D eigenvalue weighted by Gasteiger charge is 2.36. The van der Waals surface area contributed by atoms with Gasteiger partial charge in [0, 0.05) is 24.5 Å². The second kappa shape index (κ2) is 5.31. The zero-order valence-electron chi connectivity index (χ0n) is 11.1. The lowest BCUT2D eigenvalue weighted by Crippen LogP contribution is -2.47. The number of hydroxylamine groups is 1. The number of anilines is 1. The van der Waals surface area contributed by atoms with Crippen LogP contribution >= 0.6 is 23.2 Å². The van der Waals surface area contributed by atoms with Gasteiger partial charge in [-0.15, -0.1) is 0 Å². The molecular formula is C13H16Cl2N4O. The molecule has 0 radical (unpaired) electrons. The summed E-state index contributed by atoms with van der Waals surface area (Å²) in [5, 5.41) is 12.3. The maximum Gasteiger partial charge on any atom is 0.234 e. The molecule has 5 nitrogen and oxygen atoms in total. The smallest absolute Gasteiger partial charge is 0.234 e. The maximum atomic E-state index is 9.01. The molecule has 1 heterocycles. The zero-order valence-corrected chi connectivity index (χ0v) is 12.6. The average Bonchev–Trinajstić information content (AvgIpc) is 2.81. The summed E-state index contributed by atoms with van der Waals surface area (Å²) in [6, 6.07) is 1.80. The van der Waals surface area contributed by atoms with Crippen molar-refractivity contribution in [1.29, 1.82) is 0 Å². The Morgan fingerprint density at radius 1 is 1.45 bits per heavy atom. The molecule has 108 valence electrons. The highest BCUT2D eigenvalue weighted by atomic mass is 35.5. The lowest BCUT2D eigenvalue weighted by Gasteiger charge is -2.23. The lowest BCUT2D eigenvalue weighted by molar-refractivity contribution is 0.229. The van der Waals surface area contributed by atoms with Gasteiger partial charge in [0.05, 0.1) is 10.7 Å². The predicted molar refractivity (Wildman–Crippen MR) is 80.9 cm³/mol. The minimum absolute atomic E-state index is 0.281. The van der Waals surface area contributed by atoms with Crippen molar-refractivity contribution in [2.45, 2.75) is 25.2 Å². The molecule has 1 aromatic carbocycles. The first kappa shape index (κ1) is 13.8. The molecule has 1 aromatic rings. The van der Waals surface area contributed by atoms with Crippen LogP contribution in [0, 0.1) is 0 Å². The molecule has 1 aliphatic heterocycles. The Balaban J connectivity index is 2.04. The molecule has 0 bridgehead atoms. The summed E-state index contributed by atoms with van der Waals surface area (Å²) >= 11 is 12.7. The molecule has 1 unspecified atom stereocenters. The highest BCUT2D eigenvalue weighted by Crippen LogP contribution is 2.49. The van der Waals surface area contributed by atoms with E-state index in [0.717, 1.165) is 36.5 Å². The first-order valence-corrected chi connectivity index (χ1v) is 7.33. The second-order valence-corrected chi connectivity index (χ2v) is 5.89. The number of hydrogen-bond acceptors (Lipinski definition) is 3. The van der Waals surface area contributed by atoms with Gasteiger partial charge in [0.2, 0.25) is 5.96 Å². The third-order valence-electron chi connectivity index (χ3n) is 3.98. The van der Waals surface area contributed by atoms with Crippen LogP contribution in [0.2, 0.25) is 10.0 Å². The van der Waals surface area contributed by atoms with Gasteiger partial charge in [-0.25, -0.2) is 5.48 Å². The summed E-state index contributed by atoms with van der Waals surface area (Å²) in [7, 11) is 1.59. The van der Waals surface area contributed by atoms with Crippen LogP contribution in [-0.2, 0) is 6.42 Å². The average molecular weight is 315 g/mol. The quantitative estimate of drug-likeness (QED) is 0.424. The topological polar surface area (TPSA) is 59.9 Å². The Kier molecular flexibility index (Phi) is 3.67. The molecule has 0 amide bonds. The Labute approximate surface area is 127 Å². The Morgan fingerprint density at radius 2 is 2.25 bits per heavy atom. The van der Waals surface area contributed by atoms with E-state index in [1.165, 1.54) is 11.1 Å². The standard InChI is InChI=1S/C13H16Cl2N4O/c1-16-13(18-20)17-19-6-7-3-2-4-8-9(14)5-10(15)12(19)11(7)8/h5,7,20H,2-4,6H2,1H3,(H2,16,17,18). The van der Waals surface area contributed by atoms with Crippen LogP contribution in [0.1, 0.15) is 29.9 Å². The molecule has 20 heavy (non-hydrogen) atoms. The van der Waals surface area contributed by atoms with Gasteiger partial charge >= 0.3 is 0 Å². The molecule has 3 rings (SSSR count). The second-order valence-electron chi connectivity index (χ2n) is 5.08. The number of halogens is 2. The Hall–Kier alpha value is -1.17. The SMILES string of the molecule is CN=C(NO)NN1CC2CCCc3c(Cl)cc(Cl)c1c32. The summed E-state index contributed by atoms with van der Waals surface area (Å²) in [5.41, 5.74) is 8.48. The predicted octanol–water partition coefficient (Wildman–Crippen LogP) is 2.70. The number of hydrogen-bond donors (Lipinski definition) is 3. The first-order valence-electron chi connectivity index (χ1n) is 6.57. The van der Waals surface area contributed by atoms with Crippen LogP contribution in [0.3, 0.4) is 0 Å². The van der Waals surface area contributed by atoms with Crippen molar-refractivity contribution in [3.8, 4) is 0 Å². The summed E-state index contributed by atoms with van der Waals surface area (Å²) in [6.45, 7) is 0.795. The van der Waals surface area contributed by atoms with Crippen LogP contribution in [0.15, 0.2) is 11.1 Å². The number of aliphatic imine (C=N–C) groups is 1. The number of guanidine groups is 1. The van der Waals surface area contributed by atoms with E-state index in [0.29, 0.717) is 10.9 Å². The van der Waals surface area contributed by atoms with Crippen LogP contribution in [0.4, 0.5) is 5.69 Å². The molecule has 0 fully saturated rings. The Morgan fingerprint density at radius 3 is 2.95 bits per heavy atom. The monoisotopic (exact) mass is 314 g/mol. The van der Waals surface area contributed by atoms with Gasteiger partial charge in [-0.2, -0.15) is 0 Å². The van der Waals surface area contributed by atoms with Crippen LogP contribution in [0.25, 0.3) is 0 Å². The zero-order chi connectivity index (χ0) is 14.3. The first-order chi connectivity index (χ1) is 9.65. The van der Waals surface area contributed by atoms with Gasteiger partial charge in [-0.05, 0) is 36.5 Å². The largest absolute Gasteiger partial charge is 0.288 e. The van der Waals surface area contributed by atoms with Crippen LogP contribution in [0.5, 0.6) is 0 Å². The third-order valence-corrected chi connectivity index (χ3v) is 4.60. The summed E-state index contributed by atoms with van der Waals surface area (Å²) in [5.74, 6) is 0.706. The molecule has 0 aromatic heterocycles. The molecule has 7 heteroatoms. The van der Waals surface area contributed by atoms with E-state index in [9.17, 15) is 0 Å². The molecule has 2 aliphatic rings. The third kappa shape index (κ3) is 2.10.